The van der Waals surface area contributed by atoms with Gasteiger partial charge >= 0.3 is 0 Å². The number of benzene rings is 1. The summed E-state index contributed by atoms with van der Waals surface area (Å²) in [5.74, 6) is 0.843. The lowest BCUT2D eigenvalue weighted by atomic mass is 10.1. The summed E-state index contributed by atoms with van der Waals surface area (Å²) in [6, 6.07) is 8.38. The van der Waals surface area contributed by atoms with Crippen molar-refractivity contribution >= 4 is 0 Å². The van der Waals surface area contributed by atoms with E-state index in [-0.39, 0.29) is 0 Å². The van der Waals surface area contributed by atoms with Crippen LogP contribution in [0.15, 0.2) is 18.2 Å². The van der Waals surface area contributed by atoms with Gasteiger partial charge in [0.15, 0.2) is 0 Å². The maximum atomic E-state index is 8.70. The SMILES string of the molecule is Cc1ccc(-c2nc(CC#N)c(C)[nH]2)cc1C. The Morgan fingerprint density at radius 2 is 2.00 bits per heavy atom. The van der Waals surface area contributed by atoms with Gasteiger partial charge in [-0.3, -0.25) is 0 Å². The van der Waals surface area contributed by atoms with Crippen LogP contribution in [0.5, 0.6) is 0 Å². The molecule has 1 aromatic heterocycles. The standard InChI is InChI=1S/C14H15N3/c1-9-4-5-12(8-10(9)2)14-16-11(3)13(17-14)6-7-15/h4-5,8H,6H2,1-3H3,(H,16,17). The minimum absolute atomic E-state index is 0.354. The van der Waals surface area contributed by atoms with Crippen LogP contribution in [0.25, 0.3) is 11.4 Å². The zero-order valence-electron chi connectivity index (χ0n) is 10.3. The number of hydrogen-bond donors (Lipinski definition) is 1. The van der Waals surface area contributed by atoms with Crippen molar-refractivity contribution in [1.29, 1.82) is 5.26 Å². The minimum Gasteiger partial charge on any atom is -0.342 e. The molecule has 1 aromatic carbocycles. The van der Waals surface area contributed by atoms with Crippen LogP contribution in [-0.2, 0) is 6.42 Å². The van der Waals surface area contributed by atoms with Crippen LogP contribution in [0.4, 0.5) is 0 Å². The lowest BCUT2D eigenvalue weighted by Gasteiger charge is -2.02. The van der Waals surface area contributed by atoms with Gasteiger partial charge in [-0.05, 0) is 38.0 Å². The first kappa shape index (κ1) is 11.4. The second-order valence-corrected chi connectivity index (χ2v) is 4.29. The van der Waals surface area contributed by atoms with Gasteiger partial charge in [-0.15, -0.1) is 0 Å². The summed E-state index contributed by atoms with van der Waals surface area (Å²) >= 11 is 0. The van der Waals surface area contributed by atoms with Crippen LogP contribution >= 0.6 is 0 Å². The Morgan fingerprint density at radius 1 is 1.24 bits per heavy atom. The first-order valence-electron chi connectivity index (χ1n) is 5.62. The predicted octanol–water partition coefficient (Wildman–Crippen LogP) is 3.07. The number of rotatable bonds is 2. The van der Waals surface area contributed by atoms with Crippen molar-refractivity contribution in [2.45, 2.75) is 27.2 Å². The van der Waals surface area contributed by atoms with E-state index in [1.54, 1.807) is 0 Å². The Kier molecular flexibility index (Phi) is 2.97. The van der Waals surface area contributed by atoms with E-state index < -0.39 is 0 Å². The first-order chi connectivity index (χ1) is 8.11. The molecule has 2 rings (SSSR count). The topological polar surface area (TPSA) is 52.5 Å². The second kappa shape index (κ2) is 4.42. The molecule has 0 aliphatic rings. The van der Waals surface area contributed by atoms with Gasteiger partial charge in [0.1, 0.15) is 5.82 Å². The van der Waals surface area contributed by atoms with E-state index in [2.05, 4.69) is 48.1 Å². The number of hydrogen-bond acceptors (Lipinski definition) is 2. The Balaban J connectivity index is 2.43. The van der Waals surface area contributed by atoms with Gasteiger partial charge in [-0.25, -0.2) is 4.98 Å². The van der Waals surface area contributed by atoms with E-state index in [1.807, 2.05) is 6.92 Å². The van der Waals surface area contributed by atoms with Crippen molar-refractivity contribution < 1.29 is 0 Å². The monoisotopic (exact) mass is 225 g/mol. The predicted molar refractivity (Wildman–Crippen MR) is 67.6 cm³/mol. The van der Waals surface area contributed by atoms with E-state index in [0.29, 0.717) is 6.42 Å². The van der Waals surface area contributed by atoms with Crippen LogP contribution in [0.2, 0.25) is 0 Å². The van der Waals surface area contributed by atoms with Crippen LogP contribution in [0.3, 0.4) is 0 Å². The lowest BCUT2D eigenvalue weighted by molar-refractivity contribution is 1.12. The van der Waals surface area contributed by atoms with Gasteiger partial charge in [0.05, 0.1) is 18.2 Å². The van der Waals surface area contributed by atoms with Gasteiger partial charge in [-0.1, -0.05) is 12.1 Å². The summed E-state index contributed by atoms with van der Waals surface area (Å²) in [5, 5.41) is 8.70. The third-order valence-corrected chi connectivity index (χ3v) is 3.01. The molecule has 0 amide bonds. The summed E-state index contributed by atoms with van der Waals surface area (Å²) in [6.07, 6.45) is 0.354. The Labute approximate surface area is 101 Å². The number of nitrogens with zero attached hydrogens (tertiary/aromatic N) is 2. The average molecular weight is 225 g/mol. The fourth-order valence-corrected chi connectivity index (χ4v) is 1.77. The average Bonchev–Trinajstić information content (AvgIpc) is 2.65. The molecule has 0 bridgehead atoms. The molecule has 0 aliphatic heterocycles. The molecule has 1 heterocycles. The van der Waals surface area contributed by atoms with Gasteiger partial charge in [0, 0.05) is 11.3 Å². The van der Waals surface area contributed by atoms with E-state index >= 15 is 0 Å². The molecule has 0 unspecified atom stereocenters. The highest BCUT2D eigenvalue weighted by molar-refractivity contribution is 5.58. The minimum atomic E-state index is 0.354. The second-order valence-electron chi connectivity index (χ2n) is 4.29. The van der Waals surface area contributed by atoms with Crippen LogP contribution in [0, 0.1) is 32.1 Å². The maximum absolute atomic E-state index is 8.70. The molecule has 86 valence electrons. The number of H-pyrrole nitrogens is 1. The molecule has 0 fully saturated rings. The van der Waals surface area contributed by atoms with Crippen LogP contribution < -0.4 is 0 Å². The van der Waals surface area contributed by atoms with E-state index in [1.165, 1.54) is 11.1 Å². The highest BCUT2D eigenvalue weighted by Crippen LogP contribution is 2.21. The molecule has 17 heavy (non-hydrogen) atoms. The zero-order chi connectivity index (χ0) is 12.4. The van der Waals surface area contributed by atoms with Crippen LogP contribution in [0.1, 0.15) is 22.5 Å². The Morgan fingerprint density at radius 3 is 2.65 bits per heavy atom. The van der Waals surface area contributed by atoms with Gasteiger partial charge < -0.3 is 4.98 Å². The highest BCUT2D eigenvalue weighted by Gasteiger charge is 2.08. The molecule has 1 N–H and O–H groups in total. The molecule has 3 heteroatoms. The largest absolute Gasteiger partial charge is 0.342 e. The summed E-state index contributed by atoms with van der Waals surface area (Å²) in [6.45, 7) is 6.13. The molecule has 0 atom stereocenters. The molecular formula is C14H15N3. The third-order valence-electron chi connectivity index (χ3n) is 3.01. The molecule has 0 radical (unpaired) electrons. The molecule has 0 saturated carbocycles. The number of nitrogens with one attached hydrogen (secondary N) is 1. The van der Waals surface area contributed by atoms with Gasteiger partial charge in [0.2, 0.25) is 0 Å². The summed E-state index contributed by atoms with van der Waals surface area (Å²) in [4.78, 5) is 7.69. The van der Waals surface area contributed by atoms with Crippen molar-refractivity contribution in [3.8, 4) is 17.5 Å². The Hall–Kier alpha value is -2.08. The van der Waals surface area contributed by atoms with Gasteiger partial charge in [0.25, 0.3) is 0 Å². The van der Waals surface area contributed by atoms with Gasteiger partial charge in [-0.2, -0.15) is 5.26 Å². The molecule has 3 nitrogen and oxygen atoms in total. The number of aromatic nitrogens is 2. The fourth-order valence-electron chi connectivity index (χ4n) is 1.77. The summed E-state index contributed by atoms with van der Waals surface area (Å²) < 4.78 is 0. The number of nitriles is 1. The van der Waals surface area contributed by atoms with Crippen molar-refractivity contribution in [2.24, 2.45) is 0 Å². The molecule has 0 saturated heterocycles. The Bertz CT molecular complexity index is 588. The molecule has 2 aromatic rings. The van der Waals surface area contributed by atoms with Crippen LogP contribution in [-0.4, -0.2) is 9.97 Å². The number of aromatic amines is 1. The maximum Gasteiger partial charge on any atom is 0.137 e. The quantitative estimate of drug-likeness (QED) is 0.853. The fraction of sp³-hybridized carbons (Fsp3) is 0.286. The molecular weight excluding hydrogens is 210 g/mol. The molecule has 0 aliphatic carbocycles. The zero-order valence-corrected chi connectivity index (χ0v) is 10.3. The first-order valence-corrected chi connectivity index (χ1v) is 5.62. The molecule has 0 spiro atoms. The summed E-state index contributed by atoms with van der Waals surface area (Å²) in [7, 11) is 0. The van der Waals surface area contributed by atoms with E-state index in [9.17, 15) is 0 Å². The van der Waals surface area contributed by atoms with Crippen molar-refractivity contribution in [3.05, 3.63) is 40.7 Å². The third kappa shape index (κ3) is 2.21. The lowest BCUT2D eigenvalue weighted by Crippen LogP contribution is -1.86. The normalized spacial score (nSPS) is 10.2. The van der Waals surface area contributed by atoms with E-state index in [4.69, 9.17) is 5.26 Å². The van der Waals surface area contributed by atoms with E-state index in [0.717, 1.165) is 22.8 Å². The van der Waals surface area contributed by atoms with Crippen molar-refractivity contribution in [2.75, 3.05) is 0 Å². The van der Waals surface area contributed by atoms with Crippen molar-refractivity contribution in [1.82, 2.24) is 9.97 Å². The highest BCUT2D eigenvalue weighted by atomic mass is 14.9. The number of aryl methyl sites for hydroxylation is 3. The summed E-state index contributed by atoms with van der Waals surface area (Å²) in [5.41, 5.74) is 5.40. The smallest absolute Gasteiger partial charge is 0.137 e. The van der Waals surface area contributed by atoms with Crippen molar-refractivity contribution in [3.63, 3.8) is 0 Å². The number of imidazole rings is 1.